The van der Waals surface area contributed by atoms with Crippen molar-refractivity contribution in [2.45, 2.75) is 71.9 Å². The van der Waals surface area contributed by atoms with Crippen LogP contribution in [0.3, 0.4) is 0 Å². The molecule has 0 bridgehead atoms. The summed E-state index contributed by atoms with van der Waals surface area (Å²) in [6, 6.07) is 16.0. The van der Waals surface area contributed by atoms with Crippen molar-refractivity contribution < 1.29 is 52.4 Å². The molecule has 2 aromatic carbocycles. The SMILES string of the molecule is C=C(O)OC[C@@H](OC(C)=O)[C@@H](OC(C)=O)[C@H](OC(C)=O)[C@H](Cc1ccc(C)c(Cc2ccc(-c3ccc(F)cc3)s2)c1)OC(C)=O. The van der Waals surface area contributed by atoms with E-state index in [9.17, 15) is 28.7 Å². The summed E-state index contributed by atoms with van der Waals surface area (Å²) in [5, 5.41) is 9.50. The molecule has 246 valence electrons. The van der Waals surface area contributed by atoms with Crippen molar-refractivity contribution in [2.24, 2.45) is 0 Å². The van der Waals surface area contributed by atoms with Crippen molar-refractivity contribution in [3.8, 4) is 10.4 Å². The average Bonchev–Trinajstić information content (AvgIpc) is 3.42. The average molecular weight is 657 g/mol. The Morgan fingerprint density at radius 2 is 1.37 bits per heavy atom. The van der Waals surface area contributed by atoms with Crippen LogP contribution in [0.4, 0.5) is 4.39 Å². The highest BCUT2D eigenvalue weighted by molar-refractivity contribution is 7.15. The molecule has 10 nitrogen and oxygen atoms in total. The van der Waals surface area contributed by atoms with Gasteiger partial charge in [-0.15, -0.1) is 11.3 Å². The number of thiophene rings is 1. The van der Waals surface area contributed by atoms with Crippen LogP contribution in [0.1, 0.15) is 49.3 Å². The first kappa shape index (κ1) is 35.8. The third-order valence-corrected chi connectivity index (χ3v) is 7.85. The fraction of sp³-hybridized carbons (Fsp3) is 0.353. The van der Waals surface area contributed by atoms with E-state index < -0.39 is 60.8 Å². The third kappa shape index (κ3) is 11.0. The maximum absolute atomic E-state index is 13.4. The number of aliphatic hydroxyl groups is 1. The van der Waals surface area contributed by atoms with E-state index in [4.69, 9.17) is 23.7 Å². The van der Waals surface area contributed by atoms with Gasteiger partial charge in [0.1, 0.15) is 18.5 Å². The van der Waals surface area contributed by atoms with Gasteiger partial charge in [0.05, 0.1) is 0 Å². The van der Waals surface area contributed by atoms with Gasteiger partial charge in [0.15, 0.2) is 18.3 Å². The van der Waals surface area contributed by atoms with Crippen molar-refractivity contribution in [1.82, 2.24) is 0 Å². The maximum atomic E-state index is 13.4. The minimum absolute atomic E-state index is 0.0220. The molecule has 1 N–H and O–H groups in total. The van der Waals surface area contributed by atoms with E-state index in [1.54, 1.807) is 23.5 Å². The van der Waals surface area contributed by atoms with Crippen LogP contribution >= 0.6 is 11.3 Å². The van der Waals surface area contributed by atoms with Crippen LogP contribution in [0, 0.1) is 12.7 Å². The fourth-order valence-corrected chi connectivity index (χ4v) is 5.86. The second-order valence-corrected chi connectivity index (χ2v) is 11.7. The topological polar surface area (TPSA) is 135 Å². The molecule has 0 aliphatic heterocycles. The lowest BCUT2D eigenvalue weighted by atomic mass is 9.94. The van der Waals surface area contributed by atoms with Gasteiger partial charge in [-0.3, -0.25) is 19.2 Å². The molecule has 0 aliphatic rings. The summed E-state index contributed by atoms with van der Waals surface area (Å²) < 4.78 is 40.5. The van der Waals surface area contributed by atoms with Crippen molar-refractivity contribution in [1.29, 1.82) is 0 Å². The molecule has 4 atom stereocenters. The number of carbonyl (C=O) groups excluding carboxylic acids is 4. The Morgan fingerprint density at radius 3 is 1.93 bits per heavy atom. The van der Waals surface area contributed by atoms with Gasteiger partial charge in [0, 0.05) is 50.3 Å². The number of benzene rings is 2. The number of esters is 4. The number of aryl methyl sites for hydroxylation is 1. The summed E-state index contributed by atoms with van der Waals surface area (Å²) in [5.41, 5.74) is 3.62. The summed E-state index contributed by atoms with van der Waals surface area (Å²) in [5.74, 6) is -4.07. The van der Waals surface area contributed by atoms with Crippen molar-refractivity contribution in [3.05, 3.63) is 94.5 Å². The van der Waals surface area contributed by atoms with E-state index >= 15 is 0 Å². The van der Waals surface area contributed by atoms with Gasteiger partial charge in [0.2, 0.25) is 0 Å². The fourth-order valence-electron chi connectivity index (χ4n) is 4.82. The van der Waals surface area contributed by atoms with E-state index in [0.717, 1.165) is 47.2 Å². The van der Waals surface area contributed by atoms with Crippen molar-refractivity contribution in [3.63, 3.8) is 0 Å². The van der Waals surface area contributed by atoms with E-state index in [0.29, 0.717) is 12.0 Å². The molecule has 0 radical (unpaired) electrons. The van der Waals surface area contributed by atoms with Crippen LogP contribution in [-0.4, -0.2) is 60.0 Å². The lowest BCUT2D eigenvalue weighted by molar-refractivity contribution is -0.202. The molecular weight excluding hydrogens is 619 g/mol. The Morgan fingerprint density at radius 1 is 0.804 bits per heavy atom. The number of rotatable bonds is 15. The lowest BCUT2D eigenvalue weighted by Gasteiger charge is -2.35. The molecule has 3 rings (SSSR count). The third-order valence-electron chi connectivity index (χ3n) is 6.72. The molecular formula is C34H37FO10S. The van der Waals surface area contributed by atoms with E-state index in [1.807, 2.05) is 37.3 Å². The Kier molecular flexibility index (Phi) is 12.9. The van der Waals surface area contributed by atoms with Crippen LogP contribution in [0.5, 0.6) is 0 Å². The zero-order chi connectivity index (χ0) is 34.0. The Bertz CT molecular complexity index is 1550. The van der Waals surface area contributed by atoms with E-state index in [2.05, 4.69) is 6.58 Å². The molecule has 0 saturated carbocycles. The highest BCUT2D eigenvalue weighted by Crippen LogP contribution is 2.31. The monoisotopic (exact) mass is 656 g/mol. The summed E-state index contributed by atoms with van der Waals surface area (Å²) in [6.07, 6.45) is -4.95. The minimum Gasteiger partial charge on any atom is -0.481 e. The number of hydrogen-bond donors (Lipinski definition) is 1. The summed E-state index contributed by atoms with van der Waals surface area (Å²) in [7, 11) is 0. The zero-order valence-electron chi connectivity index (χ0n) is 26.2. The molecule has 0 aliphatic carbocycles. The second kappa shape index (κ2) is 16.6. The van der Waals surface area contributed by atoms with Crippen molar-refractivity contribution >= 4 is 35.2 Å². The largest absolute Gasteiger partial charge is 0.481 e. The van der Waals surface area contributed by atoms with Gasteiger partial charge in [0.25, 0.3) is 5.95 Å². The Balaban J connectivity index is 1.97. The number of hydrogen-bond acceptors (Lipinski definition) is 11. The molecule has 0 unspecified atom stereocenters. The standard InChI is InChI=1S/C34H37FO10S/c1-19-7-8-25(15-27(19)17-29-13-14-32(46-29)26-9-11-28(35)12-10-26)16-30(42-21(3)37)33(44-23(5)39)34(45-24(6)40)31(43-22(4)38)18-41-20(2)36/h7-15,30-31,33-34,36H,2,16-18H2,1,3-6H3/t30-,31+,33+,34+/m0/s1. The van der Waals surface area contributed by atoms with Crippen LogP contribution < -0.4 is 0 Å². The summed E-state index contributed by atoms with van der Waals surface area (Å²) in [4.78, 5) is 50.9. The summed E-state index contributed by atoms with van der Waals surface area (Å²) >= 11 is 1.58. The highest BCUT2D eigenvalue weighted by Gasteiger charge is 2.44. The van der Waals surface area contributed by atoms with Gasteiger partial charge in [-0.2, -0.15) is 0 Å². The molecule has 0 saturated heterocycles. The molecule has 0 spiro atoms. The molecule has 1 aromatic heterocycles. The molecule has 0 fully saturated rings. The van der Waals surface area contributed by atoms with Crippen molar-refractivity contribution in [2.75, 3.05) is 6.61 Å². The van der Waals surface area contributed by atoms with Crippen LogP contribution in [-0.2, 0) is 55.7 Å². The lowest BCUT2D eigenvalue weighted by Crippen LogP contribution is -2.53. The number of aliphatic hydroxyl groups excluding tert-OH is 1. The molecule has 0 amide bonds. The highest BCUT2D eigenvalue weighted by atomic mass is 32.1. The van der Waals surface area contributed by atoms with Crippen LogP contribution in [0.15, 0.2) is 67.1 Å². The quantitative estimate of drug-likeness (QED) is 0.122. The second-order valence-electron chi connectivity index (χ2n) is 10.6. The maximum Gasteiger partial charge on any atom is 0.303 e. The Labute approximate surface area is 270 Å². The van der Waals surface area contributed by atoms with Crippen LogP contribution in [0.2, 0.25) is 0 Å². The minimum atomic E-state index is -1.50. The van der Waals surface area contributed by atoms with Gasteiger partial charge in [-0.05, 0) is 60.0 Å². The predicted molar refractivity (Wildman–Crippen MR) is 167 cm³/mol. The first-order valence-corrected chi connectivity index (χ1v) is 15.2. The van der Waals surface area contributed by atoms with E-state index in [1.165, 1.54) is 19.1 Å². The van der Waals surface area contributed by atoms with Gasteiger partial charge < -0.3 is 28.8 Å². The zero-order valence-corrected chi connectivity index (χ0v) is 27.1. The first-order chi connectivity index (χ1) is 21.7. The van der Waals surface area contributed by atoms with Gasteiger partial charge >= 0.3 is 23.9 Å². The predicted octanol–water partition coefficient (Wildman–Crippen LogP) is 5.77. The van der Waals surface area contributed by atoms with Gasteiger partial charge in [-0.25, -0.2) is 4.39 Å². The number of carbonyl (C=O) groups is 4. The van der Waals surface area contributed by atoms with Gasteiger partial charge in [-0.1, -0.05) is 30.3 Å². The summed E-state index contributed by atoms with van der Waals surface area (Å²) in [6.45, 7) is 9.20. The van der Waals surface area contributed by atoms with Crippen LogP contribution in [0.25, 0.3) is 10.4 Å². The number of ether oxygens (including phenoxy) is 5. The molecule has 46 heavy (non-hydrogen) atoms. The van der Waals surface area contributed by atoms with E-state index in [-0.39, 0.29) is 12.2 Å². The molecule has 12 heteroatoms. The number of halogens is 1. The Hall–Kier alpha value is -4.71. The molecule has 3 aromatic rings. The smallest absolute Gasteiger partial charge is 0.303 e. The molecule has 1 heterocycles. The normalized spacial score (nSPS) is 13.4. The first-order valence-electron chi connectivity index (χ1n) is 14.3.